The molecule has 130 valence electrons. The Morgan fingerprint density at radius 2 is 2.17 bits per heavy atom. The van der Waals surface area contributed by atoms with Gasteiger partial charge in [0.15, 0.2) is 5.66 Å². The van der Waals surface area contributed by atoms with E-state index in [9.17, 15) is 9.90 Å². The molecule has 0 aromatic heterocycles. The molecule has 1 aliphatic rings. The van der Waals surface area contributed by atoms with Gasteiger partial charge in [0, 0.05) is 34.4 Å². The fraction of sp³-hybridized carbons (Fsp3) is 0.400. The summed E-state index contributed by atoms with van der Waals surface area (Å²) in [6, 6.07) is 6.43. The second kappa shape index (κ2) is 8.28. The number of urea groups is 1. The van der Waals surface area contributed by atoms with E-state index in [0.29, 0.717) is 29.5 Å². The van der Waals surface area contributed by atoms with Crippen molar-refractivity contribution in [2.45, 2.75) is 24.6 Å². The fourth-order valence-corrected chi connectivity index (χ4v) is 3.32. The van der Waals surface area contributed by atoms with Crippen LogP contribution in [0.15, 0.2) is 24.3 Å². The van der Waals surface area contributed by atoms with Crippen LogP contribution >= 0.6 is 39.5 Å². The van der Waals surface area contributed by atoms with Crippen LogP contribution in [0.2, 0.25) is 0 Å². The first-order chi connectivity index (χ1) is 11.5. The van der Waals surface area contributed by atoms with Gasteiger partial charge in [-0.05, 0) is 18.9 Å². The number of nitrogens with zero attached hydrogens (tertiary/aromatic N) is 2. The third-order valence-corrected chi connectivity index (χ3v) is 5.02. The molecule has 2 amide bonds. The Hall–Kier alpha value is -1.17. The van der Waals surface area contributed by atoms with Crippen molar-refractivity contribution < 1.29 is 14.6 Å². The Morgan fingerprint density at radius 3 is 2.75 bits per heavy atom. The zero-order valence-electron chi connectivity index (χ0n) is 12.6. The predicted octanol–water partition coefficient (Wildman–Crippen LogP) is 2.94. The average Bonchev–Trinajstić information content (AvgIpc) is 2.82. The number of aliphatic hydroxyl groups excluding tert-OH is 1. The van der Waals surface area contributed by atoms with Gasteiger partial charge in [0.25, 0.3) is 0 Å². The van der Waals surface area contributed by atoms with Crippen LogP contribution in [0.25, 0.3) is 0 Å². The van der Waals surface area contributed by atoms with Gasteiger partial charge in [-0.25, -0.2) is 9.21 Å². The molecule has 0 spiro atoms. The molecule has 2 N–H and O–H groups in total. The lowest BCUT2D eigenvalue weighted by Gasteiger charge is -2.34. The number of hydrogen-bond donors (Lipinski definition) is 2. The molecule has 0 radical (unpaired) electrons. The summed E-state index contributed by atoms with van der Waals surface area (Å²) >= 11 is 15.4. The number of amides is 2. The summed E-state index contributed by atoms with van der Waals surface area (Å²) < 4.78 is 7.32. The molecular formula is C15H16BrCl2N3O3. The molecular weight excluding hydrogens is 421 g/mol. The number of rotatable bonds is 7. The Balaban J connectivity index is 2.44. The van der Waals surface area contributed by atoms with Gasteiger partial charge in [0.2, 0.25) is 0 Å². The lowest BCUT2D eigenvalue weighted by atomic mass is 9.93. The smallest absolute Gasteiger partial charge is 0.366 e. The maximum Gasteiger partial charge on any atom is 0.366 e. The molecule has 24 heavy (non-hydrogen) atoms. The van der Waals surface area contributed by atoms with Gasteiger partial charge in [-0.2, -0.15) is 9.95 Å². The molecule has 9 heteroatoms. The van der Waals surface area contributed by atoms with E-state index in [1.807, 2.05) is 0 Å². The lowest BCUT2D eigenvalue weighted by molar-refractivity contribution is 0.130. The molecule has 1 saturated heterocycles. The Morgan fingerprint density at radius 1 is 1.46 bits per heavy atom. The SMILES string of the molecule is C#CCOc1ccccc1C1(CCC(O)CBr)NN(Cl)C(=O)N1Cl. The van der Waals surface area contributed by atoms with Crippen LogP contribution in [-0.2, 0) is 5.66 Å². The van der Waals surface area contributed by atoms with E-state index in [4.69, 9.17) is 34.7 Å². The predicted molar refractivity (Wildman–Crippen MR) is 95.4 cm³/mol. The minimum absolute atomic E-state index is 0.0674. The maximum absolute atomic E-state index is 12.1. The molecule has 1 heterocycles. The number of halogens is 3. The van der Waals surface area contributed by atoms with E-state index in [1.165, 1.54) is 0 Å². The molecule has 0 saturated carbocycles. The number of hydrogen-bond acceptors (Lipinski definition) is 4. The first-order valence-corrected chi connectivity index (χ1v) is 8.89. The van der Waals surface area contributed by atoms with Crippen molar-refractivity contribution in [2.75, 3.05) is 11.9 Å². The van der Waals surface area contributed by atoms with Crippen LogP contribution in [0.5, 0.6) is 5.75 Å². The summed E-state index contributed by atoms with van der Waals surface area (Å²) in [6.07, 6.45) is 5.31. The average molecular weight is 437 g/mol. The van der Waals surface area contributed by atoms with Gasteiger partial charge in [-0.3, -0.25) is 0 Å². The van der Waals surface area contributed by atoms with E-state index >= 15 is 0 Å². The Kier molecular flexibility index (Phi) is 6.61. The van der Waals surface area contributed by atoms with Crippen LogP contribution in [0.1, 0.15) is 18.4 Å². The minimum Gasteiger partial charge on any atom is -0.481 e. The highest BCUT2D eigenvalue weighted by atomic mass is 79.9. The molecule has 2 rings (SSSR count). The second-order valence-corrected chi connectivity index (χ2v) is 6.48. The van der Waals surface area contributed by atoms with Gasteiger partial charge in [0.1, 0.15) is 12.4 Å². The summed E-state index contributed by atoms with van der Waals surface area (Å²) in [5.74, 6) is 2.87. The van der Waals surface area contributed by atoms with Gasteiger partial charge < -0.3 is 9.84 Å². The molecule has 0 aliphatic carbocycles. The molecule has 1 aromatic rings. The normalized spacial score (nSPS) is 21.7. The van der Waals surface area contributed by atoms with Crippen LogP contribution in [0.4, 0.5) is 4.79 Å². The van der Waals surface area contributed by atoms with Crippen molar-refractivity contribution in [3.05, 3.63) is 29.8 Å². The number of carbonyl (C=O) groups is 1. The van der Waals surface area contributed by atoms with E-state index in [2.05, 4.69) is 27.3 Å². The highest BCUT2D eigenvalue weighted by molar-refractivity contribution is 9.09. The van der Waals surface area contributed by atoms with Crippen molar-refractivity contribution in [1.29, 1.82) is 0 Å². The summed E-state index contributed by atoms with van der Waals surface area (Å²) in [4.78, 5) is 12.1. The number of nitrogens with one attached hydrogen (secondary N) is 1. The standard InChI is InChI=1S/C15H16BrCl2N3O3/c1-2-9-24-13-6-4-3-5-12(13)15(8-7-11(22)10-16)19-21(18)14(23)20(15)17/h1,3-6,11,19,22H,7-10H2. The first kappa shape index (κ1) is 19.2. The number of hydrazine groups is 1. The van der Waals surface area contributed by atoms with Crippen molar-refractivity contribution in [3.8, 4) is 18.1 Å². The minimum atomic E-state index is -1.17. The third-order valence-electron chi connectivity index (χ3n) is 3.62. The van der Waals surface area contributed by atoms with Crippen molar-refractivity contribution in [1.82, 2.24) is 14.4 Å². The molecule has 1 aromatic carbocycles. The quantitative estimate of drug-likeness (QED) is 0.392. The third kappa shape index (κ3) is 3.73. The van der Waals surface area contributed by atoms with E-state index in [1.54, 1.807) is 24.3 Å². The number of para-hydroxylation sites is 1. The number of alkyl halides is 1. The highest BCUT2D eigenvalue weighted by Gasteiger charge is 2.51. The largest absolute Gasteiger partial charge is 0.481 e. The van der Waals surface area contributed by atoms with Crippen LogP contribution in [0.3, 0.4) is 0 Å². The second-order valence-electron chi connectivity index (χ2n) is 5.15. The molecule has 1 aliphatic heterocycles. The summed E-state index contributed by atoms with van der Waals surface area (Å²) in [7, 11) is 0. The summed E-state index contributed by atoms with van der Waals surface area (Å²) in [5, 5.41) is 10.3. The maximum atomic E-state index is 12.1. The zero-order chi connectivity index (χ0) is 17.7. The van der Waals surface area contributed by atoms with E-state index < -0.39 is 17.8 Å². The number of benzene rings is 1. The van der Waals surface area contributed by atoms with Gasteiger partial charge >= 0.3 is 6.03 Å². The zero-order valence-corrected chi connectivity index (χ0v) is 15.7. The Labute approximate surface area is 159 Å². The van der Waals surface area contributed by atoms with Gasteiger partial charge in [-0.1, -0.05) is 40.0 Å². The van der Waals surface area contributed by atoms with E-state index in [0.717, 1.165) is 8.95 Å². The molecule has 0 bridgehead atoms. The van der Waals surface area contributed by atoms with Gasteiger partial charge in [-0.15, -0.1) is 6.42 Å². The number of carbonyl (C=O) groups excluding carboxylic acids is 1. The molecule has 1 fully saturated rings. The number of ether oxygens (including phenoxy) is 1. The molecule has 2 unspecified atom stereocenters. The van der Waals surface area contributed by atoms with Crippen molar-refractivity contribution in [2.24, 2.45) is 0 Å². The topological polar surface area (TPSA) is 65.0 Å². The van der Waals surface area contributed by atoms with Crippen LogP contribution < -0.4 is 10.2 Å². The van der Waals surface area contributed by atoms with Gasteiger partial charge in [0.05, 0.1) is 6.10 Å². The summed E-state index contributed by atoms with van der Waals surface area (Å²) in [5.41, 5.74) is 2.28. The van der Waals surface area contributed by atoms with E-state index in [-0.39, 0.29) is 6.61 Å². The number of aliphatic hydroxyl groups is 1. The number of terminal acetylenes is 1. The first-order valence-electron chi connectivity index (χ1n) is 7.09. The highest BCUT2D eigenvalue weighted by Crippen LogP contribution is 2.42. The van der Waals surface area contributed by atoms with Crippen LogP contribution in [-0.4, -0.2) is 38.1 Å². The van der Waals surface area contributed by atoms with Crippen LogP contribution in [0, 0.1) is 12.3 Å². The monoisotopic (exact) mass is 435 g/mol. The lowest BCUT2D eigenvalue weighted by Crippen LogP contribution is -2.47. The van der Waals surface area contributed by atoms with Crippen molar-refractivity contribution >= 4 is 45.5 Å². The summed E-state index contributed by atoms with van der Waals surface area (Å²) in [6.45, 7) is 0.0674. The van der Waals surface area contributed by atoms with Crippen molar-refractivity contribution in [3.63, 3.8) is 0 Å². The fourth-order valence-electron chi connectivity index (χ4n) is 2.46. The Bertz CT molecular complexity index is 643. The molecule has 6 nitrogen and oxygen atoms in total. The molecule has 2 atom stereocenters.